The molecule has 0 spiro atoms. The van der Waals surface area contributed by atoms with Crippen molar-refractivity contribution in [2.75, 3.05) is 6.79 Å². The third-order valence-corrected chi connectivity index (χ3v) is 3.98. The Morgan fingerprint density at radius 3 is 2.52 bits per heavy atom. The standard InChI is InChI=1S/C18H13NO4/c1-10-16(18(20)21)12-7-14-15(23-9-22-14)8-13(12)19-17(10)11-5-3-2-4-6-11/h2-8H,9H2,1H3,(H,20,21). The molecular weight excluding hydrogens is 294 g/mol. The number of benzene rings is 2. The largest absolute Gasteiger partial charge is 0.478 e. The Balaban J connectivity index is 2.08. The highest BCUT2D eigenvalue weighted by molar-refractivity contribution is 6.06. The van der Waals surface area contributed by atoms with Crippen LogP contribution in [0.5, 0.6) is 11.5 Å². The summed E-state index contributed by atoms with van der Waals surface area (Å²) in [4.78, 5) is 16.5. The van der Waals surface area contributed by atoms with Crippen molar-refractivity contribution in [3.63, 3.8) is 0 Å². The van der Waals surface area contributed by atoms with Crippen molar-refractivity contribution in [1.82, 2.24) is 4.98 Å². The van der Waals surface area contributed by atoms with E-state index < -0.39 is 5.97 Å². The van der Waals surface area contributed by atoms with Crippen molar-refractivity contribution in [1.29, 1.82) is 0 Å². The SMILES string of the molecule is Cc1c(-c2ccccc2)nc2cc3c(cc2c1C(=O)O)OCO3. The van der Waals surface area contributed by atoms with E-state index in [4.69, 9.17) is 9.47 Å². The monoisotopic (exact) mass is 307 g/mol. The number of nitrogens with zero attached hydrogens (tertiary/aromatic N) is 1. The van der Waals surface area contributed by atoms with Crippen LogP contribution in [-0.2, 0) is 0 Å². The van der Waals surface area contributed by atoms with Crippen molar-refractivity contribution in [3.05, 3.63) is 53.6 Å². The van der Waals surface area contributed by atoms with Crippen LogP contribution in [0, 0.1) is 6.92 Å². The van der Waals surface area contributed by atoms with E-state index in [1.165, 1.54) is 0 Å². The van der Waals surface area contributed by atoms with Gasteiger partial charge < -0.3 is 14.6 Å². The summed E-state index contributed by atoms with van der Waals surface area (Å²) < 4.78 is 10.7. The number of pyridine rings is 1. The maximum atomic E-state index is 11.8. The van der Waals surface area contributed by atoms with Crippen molar-refractivity contribution < 1.29 is 19.4 Å². The molecule has 23 heavy (non-hydrogen) atoms. The maximum Gasteiger partial charge on any atom is 0.336 e. The average Bonchev–Trinajstić information content (AvgIpc) is 3.00. The van der Waals surface area contributed by atoms with Crippen LogP contribution in [0.1, 0.15) is 15.9 Å². The normalized spacial score (nSPS) is 12.6. The molecule has 1 aromatic heterocycles. The summed E-state index contributed by atoms with van der Waals surface area (Å²) in [7, 11) is 0. The van der Waals surface area contributed by atoms with Crippen LogP contribution in [0.2, 0.25) is 0 Å². The van der Waals surface area contributed by atoms with Gasteiger partial charge in [0.1, 0.15) is 0 Å². The second kappa shape index (κ2) is 4.98. The fraction of sp³-hybridized carbons (Fsp3) is 0.111. The van der Waals surface area contributed by atoms with Crippen molar-refractivity contribution in [3.8, 4) is 22.8 Å². The van der Waals surface area contributed by atoms with Crippen LogP contribution in [0.25, 0.3) is 22.2 Å². The van der Waals surface area contributed by atoms with Gasteiger partial charge in [0.2, 0.25) is 6.79 Å². The number of carboxylic acid groups (broad SMARTS) is 1. The molecule has 2 aromatic carbocycles. The molecule has 0 fully saturated rings. The number of rotatable bonds is 2. The minimum Gasteiger partial charge on any atom is -0.478 e. The van der Waals surface area contributed by atoms with Crippen LogP contribution in [-0.4, -0.2) is 22.9 Å². The predicted octanol–water partition coefficient (Wildman–Crippen LogP) is 3.64. The quantitative estimate of drug-likeness (QED) is 0.783. The van der Waals surface area contributed by atoms with Gasteiger partial charge in [-0.2, -0.15) is 0 Å². The molecule has 1 aliphatic heterocycles. The minimum atomic E-state index is -0.981. The molecule has 1 N–H and O–H groups in total. The van der Waals surface area contributed by atoms with Crippen molar-refractivity contribution in [2.45, 2.75) is 6.92 Å². The molecule has 5 nitrogen and oxygen atoms in total. The molecule has 0 unspecified atom stereocenters. The summed E-state index contributed by atoms with van der Waals surface area (Å²) in [6.07, 6.45) is 0. The molecule has 5 heteroatoms. The number of carboxylic acids is 1. The number of hydrogen-bond donors (Lipinski definition) is 1. The molecule has 0 radical (unpaired) electrons. The molecule has 2 heterocycles. The molecule has 0 saturated heterocycles. The van der Waals surface area contributed by atoms with E-state index in [1.807, 2.05) is 30.3 Å². The summed E-state index contributed by atoms with van der Waals surface area (Å²) in [6.45, 7) is 1.92. The number of carbonyl (C=O) groups is 1. The first-order valence-electron chi connectivity index (χ1n) is 7.18. The average molecular weight is 307 g/mol. The molecule has 1 aliphatic rings. The Labute approximate surface area is 132 Å². The van der Waals surface area contributed by atoms with E-state index in [0.717, 1.165) is 5.56 Å². The van der Waals surface area contributed by atoms with Gasteiger partial charge in [0, 0.05) is 17.0 Å². The highest BCUT2D eigenvalue weighted by Crippen LogP contribution is 2.39. The van der Waals surface area contributed by atoms with Crippen LogP contribution in [0.4, 0.5) is 0 Å². The summed E-state index contributed by atoms with van der Waals surface area (Å²) in [5.74, 6) is 0.156. The first-order chi connectivity index (χ1) is 11.1. The Morgan fingerprint density at radius 1 is 1.13 bits per heavy atom. The van der Waals surface area contributed by atoms with E-state index in [0.29, 0.717) is 33.7 Å². The highest BCUT2D eigenvalue weighted by atomic mass is 16.7. The smallest absolute Gasteiger partial charge is 0.336 e. The Kier molecular flexibility index (Phi) is 2.94. The molecular formula is C18H13NO4. The summed E-state index contributed by atoms with van der Waals surface area (Å²) in [6, 6.07) is 13.0. The summed E-state index contributed by atoms with van der Waals surface area (Å²) >= 11 is 0. The van der Waals surface area contributed by atoms with Gasteiger partial charge in [-0.15, -0.1) is 0 Å². The van der Waals surface area contributed by atoms with E-state index in [-0.39, 0.29) is 12.4 Å². The van der Waals surface area contributed by atoms with Gasteiger partial charge in [-0.1, -0.05) is 30.3 Å². The second-order valence-corrected chi connectivity index (χ2v) is 5.35. The Bertz CT molecular complexity index is 935. The molecule has 0 bridgehead atoms. The Hall–Kier alpha value is -3.08. The third kappa shape index (κ3) is 2.09. The van der Waals surface area contributed by atoms with Crippen LogP contribution < -0.4 is 9.47 Å². The number of hydrogen-bond acceptors (Lipinski definition) is 4. The van der Waals surface area contributed by atoms with Gasteiger partial charge in [0.25, 0.3) is 0 Å². The number of aromatic carboxylic acids is 1. The lowest BCUT2D eigenvalue weighted by molar-refractivity contribution is 0.0698. The summed E-state index contributed by atoms with van der Waals surface area (Å²) in [5, 5.41) is 10.2. The van der Waals surface area contributed by atoms with Crippen LogP contribution in [0.3, 0.4) is 0 Å². The van der Waals surface area contributed by atoms with Gasteiger partial charge in [0.05, 0.1) is 16.8 Å². The van der Waals surface area contributed by atoms with Gasteiger partial charge in [-0.25, -0.2) is 9.78 Å². The molecule has 3 aromatic rings. The minimum absolute atomic E-state index is 0.137. The second-order valence-electron chi connectivity index (χ2n) is 5.35. The maximum absolute atomic E-state index is 11.8. The predicted molar refractivity (Wildman–Crippen MR) is 85.0 cm³/mol. The van der Waals surface area contributed by atoms with Crippen LogP contribution >= 0.6 is 0 Å². The molecule has 4 rings (SSSR count). The van der Waals surface area contributed by atoms with Gasteiger partial charge in [-0.3, -0.25) is 0 Å². The zero-order valence-electron chi connectivity index (χ0n) is 12.4. The van der Waals surface area contributed by atoms with Gasteiger partial charge in [0.15, 0.2) is 11.5 Å². The molecule has 0 amide bonds. The number of fused-ring (bicyclic) bond motifs is 2. The fourth-order valence-electron chi connectivity index (χ4n) is 2.90. The van der Waals surface area contributed by atoms with Gasteiger partial charge in [-0.05, 0) is 18.6 Å². The van der Waals surface area contributed by atoms with Crippen molar-refractivity contribution >= 4 is 16.9 Å². The van der Waals surface area contributed by atoms with E-state index in [1.54, 1.807) is 19.1 Å². The number of ether oxygens (including phenoxy) is 2. The summed E-state index contributed by atoms with van der Waals surface area (Å²) in [5.41, 5.74) is 3.00. The molecule has 0 aliphatic carbocycles. The lowest BCUT2D eigenvalue weighted by Crippen LogP contribution is -2.05. The molecule has 0 atom stereocenters. The zero-order valence-corrected chi connectivity index (χ0v) is 12.4. The van der Waals surface area contributed by atoms with Crippen LogP contribution in [0.15, 0.2) is 42.5 Å². The zero-order chi connectivity index (χ0) is 16.0. The fourth-order valence-corrected chi connectivity index (χ4v) is 2.90. The van der Waals surface area contributed by atoms with E-state index >= 15 is 0 Å². The molecule has 0 saturated carbocycles. The van der Waals surface area contributed by atoms with Gasteiger partial charge >= 0.3 is 5.97 Å². The lowest BCUT2D eigenvalue weighted by atomic mass is 9.97. The molecule has 114 valence electrons. The first-order valence-corrected chi connectivity index (χ1v) is 7.18. The lowest BCUT2D eigenvalue weighted by Gasteiger charge is -2.12. The van der Waals surface area contributed by atoms with Crippen molar-refractivity contribution in [2.24, 2.45) is 0 Å². The topological polar surface area (TPSA) is 68.7 Å². The highest BCUT2D eigenvalue weighted by Gasteiger charge is 2.22. The number of aromatic nitrogens is 1. The van der Waals surface area contributed by atoms with E-state index in [2.05, 4.69) is 4.98 Å². The Morgan fingerprint density at radius 2 is 1.83 bits per heavy atom. The van der Waals surface area contributed by atoms with E-state index in [9.17, 15) is 9.90 Å². The third-order valence-electron chi connectivity index (χ3n) is 3.98. The first kappa shape index (κ1) is 13.6.